The van der Waals surface area contributed by atoms with Crippen molar-refractivity contribution in [2.45, 2.75) is 38.7 Å². The molecule has 0 N–H and O–H groups in total. The van der Waals surface area contributed by atoms with E-state index >= 15 is 0 Å². The number of anilines is 1. The summed E-state index contributed by atoms with van der Waals surface area (Å²) in [7, 11) is 0. The van der Waals surface area contributed by atoms with Gasteiger partial charge in [-0.15, -0.1) is 0 Å². The van der Waals surface area contributed by atoms with E-state index in [9.17, 15) is 9.59 Å². The molecule has 5 rings (SSSR count). The lowest BCUT2D eigenvalue weighted by molar-refractivity contribution is -0.168. The quantitative estimate of drug-likeness (QED) is 0.354. The van der Waals surface area contributed by atoms with Gasteiger partial charge in [0.05, 0.1) is 0 Å². The van der Waals surface area contributed by atoms with Gasteiger partial charge >= 0.3 is 5.97 Å². The molecule has 0 bridgehead atoms. The lowest BCUT2D eigenvalue weighted by atomic mass is 9.77. The monoisotopic (exact) mass is 413 g/mol. The molecular weight excluding hydrogens is 390 g/mol. The van der Waals surface area contributed by atoms with E-state index in [1.54, 1.807) is 4.90 Å². The Balaban J connectivity index is 1.58. The van der Waals surface area contributed by atoms with Gasteiger partial charge in [-0.3, -0.25) is 9.69 Å². The third-order valence-corrected chi connectivity index (χ3v) is 6.01. The average molecular weight is 413 g/mol. The number of hydrogen-bond donors (Lipinski definition) is 0. The van der Waals surface area contributed by atoms with Crippen LogP contribution < -0.4 is 4.90 Å². The Kier molecular flexibility index (Phi) is 4.45. The number of carbonyl (C=O) groups excluding carboxylic acids is 2. The minimum Gasteiger partial charge on any atom is -0.429 e. The van der Waals surface area contributed by atoms with Crippen LogP contribution in [0, 0.1) is 20.8 Å². The lowest BCUT2D eigenvalue weighted by Crippen LogP contribution is -2.71. The highest BCUT2D eigenvalue weighted by molar-refractivity contribution is 6.21. The van der Waals surface area contributed by atoms with Crippen molar-refractivity contribution in [2.24, 2.45) is 0 Å². The highest BCUT2D eigenvalue weighted by atomic mass is 16.8. The summed E-state index contributed by atoms with van der Waals surface area (Å²) in [5.74, 6) is -1.04. The molecule has 0 aromatic heterocycles. The molecule has 0 saturated carbocycles. The molecule has 3 aromatic rings. The molecule has 2 aliphatic heterocycles. The number of rotatable bonds is 3. The number of amides is 1. The Morgan fingerprint density at radius 1 is 0.774 bits per heavy atom. The average Bonchev–Trinajstić information content (AvgIpc) is 3.13. The van der Waals surface area contributed by atoms with Crippen molar-refractivity contribution < 1.29 is 19.1 Å². The summed E-state index contributed by atoms with van der Waals surface area (Å²) in [5, 5.41) is 0. The molecule has 2 saturated heterocycles. The second-order valence-corrected chi connectivity index (χ2v) is 8.33. The Morgan fingerprint density at radius 3 is 2.06 bits per heavy atom. The van der Waals surface area contributed by atoms with Crippen LogP contribution >= 0.6 is 0 Å². The van der Waals surface area contributed by atoms with Crippen molar-refractivity contribution in [2.75, 3.05) is 4.90 Å². The van der Waals surface area contributed by atoms with Crippen LogP contribution in [-0.4, -0.2) is 17.5 Å². The molecule has 1 amide bonds. The molecule has 156 valence electrons. The molecule has 0 radical (unpaired) electrons. The number of nitrogens with zero attached hydrogens (tertiary/aromatic N) is 1. The highest BCUT2D eigenvalue weighted by Gasteiger charge is 2.73. The zero-order valence-electron chi connectivity index (χ0n) is 17.7. The number of hydrogen-bond acceptors (Lipinski definition) is 4. The van der Waals surface area contributed by atoms with Gasteiger partial charge in [0, 0.05) is 11.3 Å². The zero-order chi connectivity index (χ0) is 21.8. The summed E-state index contributed by atoms with van der Waals surface area (Å²) in [6.45, 7) is 5.95. The lowest BCUT2D eigenvalue weighted by Gasteiger charge is -2.50. The first-order chi connectivity index (χ1) is 14.9. The molecule has 5 heteroatoms. The molecule has 0 aliphatic carbocycles. The first-order valence-electron chi connectivity index (χ1n) is 10.3. The predicted molar refractivity (Wildman–Crippen MR) is 116 cm³/mol. The Bertz CT molecular complexity index is 1170. The third-order valence-electron chi connectivity index (χ3n) is 6.01. The van der Waals surface area contributed by atoms with Gasteiger partial charge in [0.1, 0.15) is 6.04 Å². The Morgan fingerprint density at radius 2 is 1.42 bits per heavy atom. The molecule has 31 heavy (non-hydrogen) atoms. The minimum atomic E-state index is -1.69. The van der Waals surface area contributed by atoms with E-state index in [1.165, 1.54) is 0 Å². The van der Waals surface area contributed by atoms with E-state index in [1.807, 2.05) is 93.6 Å². The first-order valence-corrected chi connectivity index (χ1v) is 10.3. The molecule has 5 nitrogen and oxygen atoms in total. The SMILES string of the molecule is Cc1ccc([C@@H]2N(c3ccc(C)cc3)C(=O)[C@@]23O[C@@H](c2cccc(C)c2)OC3=O)cc1. The van der Waals surface area contributed by atoms with Crippen LogP contribution in [0.5, 0.6) is 0 Å². The highest BCUT2D eigenvalue weighted by Crippen LogP contribution is 2.54. The number of benzene rings is 3. The molecule has 2 heterocycles. The van der Waals surface area contributed by atoms with Crippen molar-refractivity contribution in [3.8, 4) is 0 Å². The van der Waals surface area contributed by atoms with Gasteiger partial charge < -0.3 is 9.47 Å². The van der Waals surface area contributed by atoms with Crippen LogP contribution in [0.4, 0.5) is 5.69 Å². The number of β-lactam (4-membered cyclic amide) rings is 1. The zero-order valence-corrected chi connectivity index (χ0v) is 17.7. The molecule has 3 atom stereocenters. The van der Waals surface area contributed by atoms with Gasteiger partial charge in [0.2, 0.25) is 6.29 Å². The van der Waals surface area contributed by atoms with E-state index in [2.05, 4.69) is 0 Å². The summed E-state index contributed by atoms with van der Waals surface area (Å²) in [6.07, 6.45) is -0.913. The maximum absolute atomic E-state index is 13.5. The Labute approximate surface area is 181 Å². The molecular formula is C26H23NO4. The van der Waals surface area contributed by atoms with E-state index in [0.717, 1.165) is 33.5 Å². The van der Waals surface area contributed by atoms with Crippen LogP contribution in [0.2, 0.25) is 0 Å². The van der Waals surface area contributed by atoms with Crippen LogP contribution in [0.1, 0.15) is 40.1 Å². The van der Waals surface area contributed by atoms with Crippen LogP contribution in [0.15, 0.2) is 72.8 Å². The maximum Gasteiger partial charge on any atom is 0.353 e. The fourth-order valence-corrected chi connectivity index (χ4v) is 4.33. The van der Waals surface area contributed by atoms with Crippen molar-refractivity contribution >= 4 is 17.6 Å². The van der Waals surface area contributed by atoms with E-state index in [4.69, 9.17) is 9.47 Å². The van der Waals surface area contributed by atoms with E-state index < -0.39 is 29.8 Å². The van der Waals surface area contributed by atoms with Gasteiger partial charge in [-0.1, -0.05) is 71.3 Å². The normalized spacial score (nSPS) is 24.9. The van der Waals surface area contributed by atoms with Crippen LogP contribution in [0.3, 0.4) is 0 Å². The number of cyclic esters (lactones) is 1. The smallest absolute Gasteiger partial charge is 0.353 e. The second kappa shape index (κ2) is 7.06. The summed E-state index contributed by atoms with van der Waals surface area (Å²) in [4.78, 5) is 28.2. The number of aryl methyl sites for hydroxylation is 3. The summed E-state index contributed by atoms with van der Waals surface area (Å²) in [5.41, 5.74) is 3.79. The first kappa shape index (κ1) is 19.5. The third kappa shape index (κ3) is 2.96. The van der Waals surface area contributed by atoms with Crippen molar-refractivity contribution in [3.05, 3.63) is 101 Å². The van der Waals surface area contributed by atoms with Crippen molar-refractivity contribution in [1.82, 2.24) is 0 Å². The van der Waals surface area contributed by atoms with Crippen molar-refractivity contribution in [3.63, 3.8) is 0 Å². The van der Waals surface area contributed by atoms with Crippen LogP contribution in [-0.2, 0) is 19.1 Å². The molecule has 2 aliphatic rings. The molecule has 2 fully saturated rings. The van der Waals surface area contributed by atoms with Crippen LogP contribution in [0.25, 0.3) is 0 Å². The second-order valence-electron chi connectivity index (χ2n) is 8.33. The number of esters is 1. The van der Waals surface area contributed by atoms with E-state index in [0.29, 0.717) is 0 Å². The number of ether oxygens (including phenoxy) is 2. The fourth-order valence-electron chi connectivity index (χ4n) is 4.33. The Hall–Kier alpha value is -3.44. The minimum absolute atomic E-state index is 0.401. The summed E-state index contributed by atoms with van der Waals surface area (Å²) < 4.78 is 11.8. The number of carbonyl (C=O) groups is 2. The van der Waals surface area contributed by atoms with Gasteiger partial charge in [-0.2, -0.15) is 0 Å². The topological polar surface area (TPSA) is 55.8 Å². The molecule has 3 aromatic carbocycles. The van der Waals surface area contributed by atoms with Gasteiger partial charge in [-0.25, -0.2) is 4.79 Å². The van der Waals surface area contributed by atoms with E-state index in [-0.39, 0.29) is 0 Å². The van der Waals surface area contributed by atoms with Gasteiger partial charge in [0.15, 0.2) is 0 Å². The van der Waals surface area contributed by atoms with Crippen molar-refractivity contribution in [1.29, 1.82) is 0 Å². The van der Waals surface area contributed by atoms with Gasteiger partial charge in [-0.05, 0) is 44.5 Å². The molecule has 0 unspecified atom stereocenters. The molecule has 1 spiro atoms. The summed E-state index contributed by atoms with van der Waals surface area (Å²) in [6, 6.07) is 22.5. The summed E-state index contributed by atoms with van der Waals surface area (Å²) >= 11 is 0. The predicted octanol–water partition coefficient (Wildman–Crippen LogP) is 4.71. The van der Waals surface area contributed by atoms with Gasteiger partial charge in [0.25, 0.3) is 11.5 Å². The largest absolute Gasteiger partial charge is 0.429 e. The maximum atomic E-state index is 13.5. The standard InChI is InChI=1S/C26H23NO4/c1-16-7-11-19(12-8-16)22-26(24(28)27(22)21-13-9-17(2)10-14-21)25(29)30-23(31-26)20-6-4-5-18(3)15-20/h4-15,22-23H,1-3H3/t22-,23-,26-/m0/s1. The fraction of sp³-hybridized carbons (Fsp3) is 0.231.